The molecule has 9 heteroatoms. The van der Waals surface area contributed by atoms with Crippen molar-refractivity contribution in [2.24, 2.45) is 17.8 Å². The van der Waals surface area contributed by atoms with Crippen LogP contribution in [-0.4, -0.2) is 73.5 Å². The fourth-order valence-corrected chi connectivity index (χ4v) is 15.0. The molecule has 0 radical (unpaired) electrons. The third kappa shape index (κ3) is 8.15. The standard InChI is InChI=1S/C50H57FN2O5Si/c1-34(28-36-21-22-44(54)43(51)29-36)20-23-45-46-37(32-58-59(50(2,3)4,39-16-10-6-11-17-39)40-18-12-7-13-19-40)30-41-47(42(46)33-57-45)49(56)53(48(41)55)38-24-26-52(27-25-38)31-35-14-8-5-9-15-35/h5-19,21-22,28-29,38,41-42,45,47,54H,20,23-27,30-33H2,1-4H3/b34-28+/t41-,42+,45-,47-/m1/s1. The summed E-state index contributed by atoms with van der Waals surface area (Å²) in [4.78, 5) is 33.4. The van der Waals surface area contributed by atoms with Crippen LogP contribution < -0.4 is 10.4 Å². The van der Waals surface area contributed by atoms with E-state index in [0.29, 0.717) is 38.0 Å². The number of piperidine rings is 1. The molecule has 4 aromatic carbocycles. The number of carbonyl (C=O) groups excluding carboxylic acids is 2. The molecule has 4 atom stereocenters. The summed E-state index contributed by atoms with van der Waals surface area (Å²) in [5, 5.41) is 11.9. The summed E-state index contributed by atoms with van der Waals surface area (Å²) in [7, 11) is -2.93. The van der Waals surface area contributed by atoms with E-state index >= 15 is 0 Å². The van der Waals surface area contributed by atoms with Crippen molar-refractivity contribution in [3.05, 3.63) is 143 Å². The first-order chi connectivity index (χ1) is 28.4. The van der Waals surface area contributed by atoms with Gasteiger partial charge >= 0.3 is 0 Å². The Morgan fingerprint density at radius 1 is 0.881 bits per heavy atom. The van der Waals surface area contributed by atoms with E-state index in [1.807, 2.05) is 31.2 Å². The fraction of sp³-hybridized carbons (Fsp3) is 0.400. The first kappa shape index (κ1) is 41.1. The van der Waals surface area contributed by atoms with Crippen molar-refractivity contribution in [1.29, 1.82) is 0 Å². The van der Waals surface area contributed by atoms with Crippen molar-refractivity contribution < 1.29 is 28.2 Å². The van der Waals surface area contributed by atoms with Gasteiger partial charge in [0.2, 0.25) is 11.8 Å². The number of fused-ring (bicyclic) bond motifs is 3. The number of rotatable bonds is 12. The minimum Gasteiger partial charge on any atom is -0.505 e. The van der Waals surface area contributed by atoms with Gasteiger partial charge in [0.1, 0.15) is 0 Å². The van der Waals surface area contributed by atoms with Crippen LogP contribution in [0.5, 0.6) is 5.75 Å². The number of likely N-dealkylation sites (tertiary alicyclic amines) is 2. The van der Waals surface area contributed by atoms with E-state index in [0.717, 1.165) is 49.2 Å². The van der Waals surface area contributed by atoms with Gasteiger partial charge in [-0.3, -0.25) is 19.4 Å². The average Bonchev–Trinajstić information content (AvgIpc) is 3.77. The summed E-state index contributed by atoms with van der Waals surface area (Å²) in [5.41, 5.74) is 5.23. The third-order valence-electron chi connectivity index (χ3n) is 13.3. The van der Waals surface area contributed by atoms with Gasteiger partial charge in [0, 0.05) is 31.6 Å². The Morgan fingerprint density at radius 3 is 2.12 bits per heavy atom. The van der Waals surface area contributed by atoms with Gasteiger partial charge in [0.25, 0.3) is 8.32 Å². The molecule has 3 fully saturated rings. The topological polar surface area (TPSA) is 79.3 Å². The second-order valence-electron chi connectivity index (χ2n) is 18.1. The van der Waals surface area contributed by atoms with Crippen LogP contribution in [0.1, 0.15) is 70.9 Å². The van der Waals surface area contributed by atoms with E-state index < -0.39 is 26.0 Å². The van der Waals surface area contributed by atoms with Crippen molar-refractivity contribution in [1.82, 2.24) is 9.80 Å². The zero-order valence-corrected chi connectivity index (χ0v) is 35.8. The van der Waals surface area contributed by atoms with Crippen LogP contribution in [0, 0.1) is 23.6 Å². The summed E-state index contributed by atoms with van der Waals surface area (Å²) < 4.78 is 28.4. The summed E-state index contributed by atoms with van der Waals surface area (Å²) in [6, 6.07) is 36.0. The molecule has 0 aromatic heterocycles. The number of hydrogen-bond donors (Lipinski definition) is 1. The van der Waals surface area contributed by atoms with Gasteiger partial charge in [0.05, 0.1) is 31.2 Å². The second kappa shape index (κ2) is 17.1. The highest BCUT2D eigenvalue weighted by Crippen LogP contribution is 2.51. The molecule has 2 amide bonds. The molecular formula is C50H57FN2O5Si. The van der Waals surface area contributed by atoms with Gasteiger partial charge in [-0.1, -0.05) is 129 Å². The third-order valence-corrected chi connectivity index (χ3v) is 18.3. The lowest BCUT2D eigenvalue weighted by Crippen LogP contribution is -2.66. The Bertz CT molecular complexity index is 2160. The number of phenols is 1. The van der Waals surface area contributed by atoms with Crippen molar-refractivity contribution >= 4 is 36.6 Å². The predicted molar refractivity (Wildman–Crippen MR) is 233 cm³/mol. The van der Waals surface area contributed by atoms with Crippen molar-refractivity contribution in [3.8, 4) is 5.75 Å². The van der Waals surface area contributed by atoms with Crippen LogP contribution in [0.3, 0.4) is 0 Å². The number of phenolic OH excluding ortho intramolecular Hbond substituents is 1. The van der Waals surface area contributed by atoms with Crippen LogP contribution in [-0.2, 0) is 25.3 Å². The number of benzene rings is 4. The molecule has 0 unspecified atom stereocenters. The van der Waals surface area contributed by atoms with Crippen molar-refractivity contribution in [3.63, 3.8) is 0 Å². The number of hydrogen-bond acceptors (Lipinski definition) is 6. The van der Waals surface area contributed by atoms with Gasteiger partial charge in [-0.05, 0) is 88.8 Å². The van der Waals surface area contributed by atoms with Gasteiger partial charge in [-0.2, -0.15) is 0 Å². The maximum absolute atomic E-state index is 14.6. The van der Waals surface area contributed by atoms with Crippen molar-refractivity contribution in [2.75, 3.05) is 26.3 Å². The molecule has 3 aliphatic heterocycles. The summed E-state index contributed by atoms with van der Waals surface area (Å²) in [6.45, 7) is 12.1. The quantitative estimate of drug-likeness (QED) is 0.0883. The lowest BCUT2D eigenvalue weighted by molar-refractivity contribution is -0.144. The number of aromatic hydroxyl groups is 1. The molecule has 4 aromatic rings. The minimum atomic E-state index is -2.93. The van der Waals surface area contributed by atoms with Crippen molar-refractivity contribution in [2.45, 2.75) is 83.5 Å². The van der Waals surface area contributed by atoms with Crippen LogP contribution in [0.15, 0.2) is 126 Å². The summed E-state index contributed by atoms with van der Waals surface area (Å²) >= 11 is 0. The maximum atomic E-state index is 14.6. The molecule has 7 nitrogen and oxygen atoms in total. The van der Waals surface area contributed by atoms with E-state index in [2.05, 4.69) is 98.5 Å². The highest BCUT2D eigenvalue weighted by molar-refractivity contribution is 6.99. The van der Waals surface area contributed by atoms with Crippen LogP contribution in [0.25, 0.3) is 6.08 Å². The molecule has 0 saturated carbocycles. The monoisotopic (exact) mass is 812 g/mol. The van der Waals surface area contributed by atoms with E-state index in [1.54, 1.807) is 11.0 Å². The molecule has 8 rings (SSSR count). The molecule has 3 heterocycles. The van der Waals surface area contributed by atoms with Gasteiger partial charge < -0.3 is 14.3 Å². The number of amides is 2. The number of allylic oxidation sites excluding steroid dienone is 1. The molecule has 4 aliphatic rings. The summed E-state index contributed by atoms with van der Waals surface area (Å²) in [5.74, 6) is -2.18. The van der Waals surface area contributed by atoms with Crippen LogP contribution in [0.4, 0.5) is 4.39 Å². The highest BCUT2D eigenvalue weighted by atomic mass is 28.4. The molecule has 3 saturated heterocycles. The number of imide groups is 1. The molecule has 59 heavy (non-hydrogen) atoms. The Hall–Kier alpha value is -4.67. The highest BCUT2D eigenvalue weighted by Gasteiger charge is 2.59. The predicted octanol–water partition coefficient (Wildman–Crippen LogP) is 8.27. The van der Waals surface area contributed by atoms with E-state index in [-0.39, 0.29) is 40.7 Å². The van der Waals surface area contributed by atoms with Gasteiger partial charge in [-0.15, -0.1) is 0 Å². The summed E-state index contributed by atoms with van der Waals surface area (Å²) in [6.07, 6.45) is 5.10. The number of ether oxygens (including phenoxy) is 1. The number of halogens is 1. The molecular weight excluding hydrogens is 756 g/mol. The van der Waals surface area contributed by atoms with E-state index in [9.17, 15) is 19.1 Å². The maximum Gasteiger partial charge on any atom is 0.261 e. The molecule has 1 N–H and O–H groups in total. The first-order valence-electron chi connectivity index (χ1n) is 21.3. The average molecular weight is 813 g/mol. The Morgan fingerprint density at radius 2 is 1.51 bits per heavy atom. The zero-order chi connectivity index (χ0) is 41.3. The molecule has 1 aliphatic carbocycles. The lowest BCUT2D eigenvalue weighted by atomic mass is 9.69. The van der Waals surface area contributed by atoms with Crippen LogP contribution >= 0.6 is 0 Å². The van der Waals surface area contributed by atoms with Crippen LogP contribution in [0.2, 0.25) is 5.04 Å². The number of carbonyl (C=O) groups is 2. The zero-order valence-electron chi connectivity index (χ0n) is 34.8. The Labute approximate surface area is 349 Å². The fourth-order valence-electron chi connectivity index (χ4n) is 10.5. The lowest BCUT2D eigenvalue weighted by Gasteiger charge is -2.44. The normalized spacial score (nSPS) is 23.2. The smallest absolute Gasteiger partial charge is 0.261 e. The van der Waals surface area contributed by atoms with E-state index in [1.165, 1.54) is 28.1 Å². The largest absolute Gasteiger partial charge is 0.505 e. The minimum absolute atomic E-state index is 0.0353. The number of nitrogens with zero attached hydrogens (tertiary/aromatic N) is 2. The van der Waals surface area contributed by atoms with E-state index in [4.69, 9.17) is 9.16 Å². The van der Waals surface area contributed by atoms with Gasteiger partial charge in [-0.25, -0.2) is 4.39 Å². The molecule has 0 bridgehead atoms. The Balaban J connectivity index is 1.09. The SMILES string of the molecule is C/C(=C\c1ccc(O)c(F)c1)CC[C@H]1OC[C@H]2C1=C(CO[Si](c1ccccc1)(c1ccccc1)C(C)(C)C)C[C@H]1C(=O)N(C3CCN(Cc4ccccc4)CC3)C(=O)[C@H]12. The van der Waals surface area contributed by atoms with Gasteiger partial charge in [0.15, 0.2) is 11.6 Å². The Kier molecular flexibility index (Phi) is 11.9. The second-order valence-corrected chi connectivity index (χ2v) is 22.4. The first-order valence-corrected chi connectivity index (χ1v) is 23.2. The molecule has 308 valence electrons. The molecule has 0 spiro atoms.